The summed E-state index contributed by atoms with van der Waals surface area (Å²) < 4.78 is 40.0. The Kier molecular flexibility index (Phi) is 5.48. The number of benzene rings is 1. The fourth-order valence-electron chi connectivity index (χ4n) is 1.35. The van der Waals surface area contributed by atoms with E-state index in [1.807, 2.05) is 6.92 Å². The molecule has 0 aliphatic rings. The first-order valence-corrected chi connectivity index (χ1v) is 7.30. The summed E-state index contributed by atoms with van der Waals surface area (Å²) in [5.41, 5.74) is 0.314. The van der Waals surface area contributed by atoms with Gasteiger partial charge in [-0.25, -0.2) is 17.5 Å². The van der Waals surface area contributed by atoms with Gasteiger partial charge in [0.05, 0.1) is 0 Å². The van der Waals surface area contributed by atoms with Crippen LogP contribution in [0.5, 0.6) is 0 Å². The first-order valence-electron chi connectivity index (χ1n) is 5.82. The molecular formula is C13H16FNO3S. The molecule has 1 atom stereocenters. The lowest BCUT2D eigenvalue weighted by atomic mass is 10.2. The third-order valence-electron chi connectivity index (χ3n) is 2.50. The molecule has 0 heterocycles. The maximum absolute atomic E-state index is 13.8. The number of sulfonamides is 1. The molecule has 0 spiro atoms. The first-order chi connectivity index (χ1) is 8.90. The van der Waals surface area contributed by atoms with Crippen LogP contribution in [0.4, 0.5) is 4.39 Å². The van der Waals surface area contributed by atoms with Gasteiger partial charge in [0, 0.05) is 11.6 Å². The second-order valence-corrected chi connectivity index (χ2v) is 5.72. The Labute approximate surface area is 112 Å². The average Bonchev–Trinajstić information content (AvgIpc) is 2.35. The fourth-order valence-corrected chi connectivity index (χ4v) is 2.74. The van der Waals surface area contributed by atoms with Gasteiger partial charge in [-0.05, 0) is 31.5 Å². The molecule has 0 radical (unpaired) electrons. The third kappa shape index (κ3) is 4.31. The van der Waals surface area contributed by atoms with Crippen molar-refractivity contribution in [1.82, 2.24) is 4.72 Å². The second-order valence-electron chi connectivity index (χ2n) is 4.04. The molecular weight excluding hydrogens is 269 g/mol. The number of hydrogen-bond acceptors (Lipinski definition) is 3. The highest BCUT2D eigenvalue weighted by molar-refractivity contribution is 7.89. The molecule has 1 aromatic carbocycles. The van der Waals surface area contributed by atoms with Crippen molar-refractivity contribution in [1.29, 1.82) is 0 Å². The molecule has 0 fully saturated rings. The summed E-state index contributed by atoms with van der Waals surface area (Å²) in [6.07, 6.45) is 0.612. The topological polar surface area (TPSA) is 66.4 Å². The van der Waals surface area contributed by atoms with Gasteiger partial charge in [0.2, 0.25) is 10.0 Å². The van der Waals surface area contributed by atoms with E-state index < -0.39 is 20.7 Å². The van der Waals surface area contributed by atoms with Crippen LogP contribution in [-0.4, -0.2) is 26.2 Å². The van der Waals surface area contributed by atoms with Gasteiger partial charge >= 0.3 is 0 Å². The Bertz CT molecular complexity index is 602. The Hall–Kier alpha value is -1.42. The summed E-state index contributed by atoms with van der Waals surface area (Å²) in [5.74, 6) is 4.02. The monoisotopic (exact) mass is 285 g/mol. The van der Waals surface area contributed by atoms with Crippen LogP contribution >= 0.6 is 0 Å². The lowest BCUT2D eigenvalue weighted by molar-refractivity contribution is 0.350. The van der Waals surface area contributed by atoms with Crippen molar-refractivity contribution >= 4 is 10.0 Å². The molecule has 0 saturated carbocycles. The summed E-state index contributed by atoms with van der Waals surface area (Å²) in [5, 5.41) is 8.53. The van der Waals surface area contributed by atoms with Gasteiger partial charge in [0.15, 0.2) is 0 Å². The largest absolute Gasteiger partial charge is 0.384 e. The quantitative estimate of drug-likeness (QED) is 0.818. The van der Waals surface area contributed by atoms with Crippen LogP contribution in [0, 0.1) is 17.7 Å². The first kappa shape index (κ1) is 15.6. The van der Waals surface area contributed by atoms with Gasteiger partial charge in [-0.2, -0.15) is 0 Å². The van der Waals surface area contributed by atoms with Crippen molar-refractivity contribution in [2.24, 2.45) is 0 Å². The van der Waals surface area contributed by atoms with E-state index in [9.17, 15) is 12.8 Å². The van der Waals surface area contributed by atoms with Gasteiger partial charge < -0.3 is 5.11 Å². The number of aliphatic hydroxyl groups excluding tert-OH is 1. The lowest BCUT2D eigenvalue weighted by Gasteiger charge is -2.12. The molecule has 2 N–H and O–H groups in total. The number of halogens is 1. The molecule has 0 saturated heterocycles. The number of hydrogen-bond donors (Lipinski definition) is 2. The molecule has 0 aromatic heterocycles. The molecule has 1 unspecified atom stereocenters. The van der Waals surface area contributed by atoms with Crippen molar-refractivity contribution in [3.63, 3.8) is 0 Å². The molecule has 19 heavy (non-hydrogen) atoms. The van der Waals surface area contributed by atoms with Crippen LogP contribution in [0.15, 0.2) is 23.1 Å². The number of rotatable bonds is 4. The molecule has 0 aliphatic carbocycles. The highest BCUT2D eigenvalue weighted by atomic mass is 32.2. The second kappa shape index (κ2) is 6.66. The van der Waals surface area contributed by atoms with Crippen LogP contribution in [0.25, 0.3) is 0 Å². The van der Waals surface area contributed by atoms with Crippen molar-refractivity contribution in [2.45, 2.75) is 31.2 Å². The zero-order valence-electron chi connectivity index (χ0n) is 10.8. The molecule has 0 bridgehead atoms. The SMILES string of the molecule is CCC(C)NS(=O)(=O)c1ccc(C#CCO)cc1F. The molecule has 0 aliphatic heterocycles. The van der Waals surface area contributed by atoms with Crippen LogP contribution < -0.4 is 4.72 Å². The number of nitrogens with one attached hydrogen (secondary N) is 1. The van der Waals surface area contributed by atoms with Gasteiger partial charge in [0.25, 0.3) is 0 Å². The molecule has 0 amide bonds. The molecule has 4 nitrogen and oxygen atoms in total. The van der Waals surface area contributed by atoms with E-state index in [2.05, 4.69) is 16.6 Å². The Morgan fingerprint density at radius 2 is 2.16 bits per heavy atom. The zero-order valence-corrected chi connectivity index (χ0v) is 11.6. The highest BCUT2D eigenvalue weighted by Crippen LogP contribution is 2.16. The van der Waals surface area contributed by atoms with Gasteiger partial charge in [-0.3, -0.25) is 0 Å². The zero-order chi connectivity index (χ0) is 14.5. The van der Waals surface area contributed by atoms with E-state index >= 15 is 0 Å². The van der Waals surface area contributed by atoms with Crippen LogP contribution in [0.3, 0.4) is 0 Å². The van der Waals surface area contributed by atoms with Crippen LogP contribution in [-0.2, 0) is 10.0 Å². The lowest BCUT2D eigenvalue weighted by Crippen LogP contribution is -2.32. The average molecular weight is 285 g/mol. The van der Waals surface area contributed by atoms with E-state index in [4.69, 9.17) is 5.11 Å². The molecule has 1 rings (SSSR count). The van der Waals surface area contributed by atoms with Gasteiger partial charge in [-0.1, -0.05) is 18.8 Å². The standard InChI is InChI=1S/C13H16FNO3S/c1-3-10(2)15-19(17,18)13-7-6-11(5-4-8-16)9-12(13)14/h6-7,9-10,15-16H,3,8H2,1-2H3. The van der Waals surface area contributed by atoms with E-state index in [1.54, 1.807) is 6.92 Å². The summed E-state index contributed by atoms with van der Waals surface area (Å²) in [7, 11) is -3.86. The predicted octanol–water partition coefficient (Wildman–Crippen LogP) is 1.25. The molecule has 6 heteroatoms. The fraction of sp³-hybridized carbons (Fsp3) is 0.385. The van der Waals surface area contributed by atoms with E-state index in [1.165, 1.54) is 12.1 Å². The Balaban J connectivity index is 3.09. The molecule has 1 aromatic rings. The number of aliphatic hydroxyl groups is 1. The van der Waals surface area contributed by atoms with Crippen molar-refractivity contribution in [2.75, 3.05) is 6.61 Å². The summed E-state index contributed by atoms with van der Waals surface area (Å²) in [6.45, 7) is 3.20. The van der Waals surface area contributed by atoms with Crippen molar-refractivity contribution < 1.29 is 17.9 Å². The minimum Gasteiger partial charge on any atom is -0.384 e. The summed E-state index contributed by atoms with van der Waals surface area (Å²) in [4.78, 5) is -0.401. The smallest absolute Gasteiger partial charge is 0.243 e. The maximum atomic E-state index is 13.8. The van der Waals surface area contributed by atoms with Crippen LogP contribution in [0.2, 0.25) is 0 Å². The van der Waals surface area contributed by atoms with E-state index in [0.29, 0.717) is 12.0 Å². The van der Waals surface area contributed by atoms with Crippen molar-refractivity contribution in [3.8, 4) is 11.8 Å². The molecule has 104 valence electrons. The third-order valence-corrected chi connectivity index (χ3v) is 4.12. The van der Waals surface area contributed by atoms with Gasteiger partial charge in [-0.15, -0.1) is 0 Å². The summed E-state index contributed by atoms with van der Waals surface area (Å²) in [6, 6.07) is 3.34. The predicted molar refractivity (Wildman–Crippen MR) is 70.4 cm³/mol. The summed E-state index contributed by atoms with van der Waals surface area (Å²) >= 11 is 0. The Morgan fingerprint density at radius 3 is 2.68 bits per heavy atom. The van der Waals surface area contributed by atoms with E-state index in [-0.39, 0.29) is 12.6 Å². The normalized spacial score (nSPS) is 12.6. The minimum absolute atomic E-state index is 0.266. The van der Waals surface area contributed by atoms with E-state index in [0.717, 1.165) is 6.07 Å². The Morgan fingerprint density at radius 1 is 1.47 bits per heavy atom. The highest BCUT2D eigenvalue weighted by Gasteiger charge is 2.20. The van der Waals surface area contributed by atoms with Crippen molar-refractivity contribution in [3.05, 3.63) is 29.6 Å². The minimum atomic E-state index is -3.86. The van der Waals surface area contributed by atoms with Crippen LogP contribution in [0.1, 0.15) is 25.8 Å². The van der Waals surface area contributed by atoms with Gasteiger partial charge in [0.1, 0.15) is 17.3 Å². The maximum Gasteiger partial charge on any atom is 0.243 e.